The molecule has 2 atom stereocenters. The van der Waals surface area contributed by atoms with Gasteiger partial charge in [0.1, 0.15) is 5.78 Å². The van der Waals surface area contributed by atoms with Crippen molar-refractivity contribution in [3.63, 3.8) is 0 Å². The van der Waals surface area contributed by atoms with E-state index in [0.717, 1.165) is 55.4 Å². The first-order valence-corrected chi connectivity index (χ1v) is 13.1. The molecular weight excluding hydrogens is 468 g/mol. The fourth-order valence-electron chi connectivity index (χ4n) is 5.44. The topological polar surface area (TPSA) is 74.4 Å². The molecule has 188 valence electrons. The predicted molar refractivity (Wildman–Crippen MR) is 152 cm³/mol. The molecule has 0 aliphatic rings. The van der Waals surface area contributed by atoms with Crippen LogP contribution in [-0.4, -0.2) is 25.7 Å². The average Bonchev–Trinajstić information content (AvgIpc) is 3.57. The van der Waals surface area contributed by atoms with Crippen molar-refractivity contribution >= 4 is 27.6 Å². The van der Waals surface area contributed by atoms with Crippen LogP contribution >= 0.6 is 0 Å². The van der Waals surface area contributed by atoms with E-state index in [1.807, 2.05) is 75.0 Å². The summed E-state index contributed by atoms with van der Waals surface area (Å²) in [6, 6.07) is 24.6. The maximum Gasteiger partial charge on any atom is 0.148 e. The number of nitrogens with zero attached hydrogens (tertiary/aromatic N) is 2. The lowest BCUT2D eigenvalue weighted by Crippen LogP contribution is -2.24. The van der Waals surface area contributed by atoms with Crippen LogP contribution in [0.2, 0.25) is 0 Å². The van der Waals surface area contributed by atoms with Crippen molar-refractivity contribution in [2.75, 3.05) is 0 Å². The number of aromatic amines is 2. The van der Waals surface area contributed by atoms with Crippen molar-refractivity contribution in [2.45, 2.75) is 38.5 Å². The van der Waals surface area contributed by atoms with Crippen LogP contribution in [0.1, 0.15) is 45.5 Å². The Hall–Kier alpha value is -4.51. The second kappa shape index (κ2) is 10.1. The van der Waals surface area contributed by atoms with E-state index < -0.39 is 0 Å². The molecule has 0 fully saturated rings. The number of carbonyl (C=O) groups is 1. The molecule has 0 aliphatic carbocycles. The fourth-order valence-corrected chi connectivity index (χ4v) is 5.44. The Bertz CT molecular complexity index is 1580. The summed E-state index contributed by atoms with van der Waals surface area (Å²) < 4.78 is 0. The van der Waals surface area contributed by atoms with Gasteiger partial charge in [0.25, 0.3) is 0 Å². The molecule has 6 aromatic rings. The van der Waals surface area contributed by atoms with E-state index in [9.17, 15) is 4.79 Å². The van der Waals surface area contributed by atoms with Crippen LogP contribution in [0, 0.1) is 13.8 Å². The van der Waals surface area contributed by atoms with Gasteiger partial charge >= 0.3 is 0 Å². The SMILES string of the molecule is Cc1ccc(CC(C(=O)C(Cc2ccc(C)nc2)c2c[nH]c3ccccc23)c2c[nH]c3ccccc23)cn1. The number of aromatic nitrogens is 4. The summed E-state index contributed by atoms with van der Waals surface area (Å²) in [4.78, 5) is 30.6. The van der Waals surface area contributed by atoms with Crippen molar-refractivity contribution in [3.8, 4) is 0 Å². The molecule has 0 aliphatic heterocycles. The van der Waals surface area contributed by atoms with E-state index in [-0.39, 0.29) is 17.6 Å². The lowest BCUT2D eigenvalue weighted by Gasteiger charge is -2.23. The molecular formula is C33H30N4O. The minimum Gasteiger partial charge on any atom is -0.361 e. The van der Waals surface area contributed by atoms with Gasteiger partial charge in [0, 0.05) is 69.8 Å². The van der Waals surface area contributed by atoms with Gasteiger partial charge in [-0.1, -0.05) is 48.5 Å². The van der Waals surface area contributed by atoms with E-state index in [4.69, 9.17) is 0 Å². The van der Waals surface area contributed by atoms with Gasteiger partial charge in [-0.2, -0.15) is 0 Å². The molecule has 38 heavy (non-hydrogen) atoms. The molecule has 0 amide bonds. The van der Waals surface area contributed by atoms with Gasteiger partial charge in [-0.15, -0.1) is 0 Å². The highest BCUT2D eigenvalue weighted by atomic mass is 16.1. The number of carbonyl (C=O) groups excluding carboxylic acids is 1. The number of ketones is 1. The summed E-state index contributed by atoms with van der Waals surface area (Å²) in [5, 5.41) is 2.17. The average molecular weight is 499 g/mol. The van der Waals surface area contributed by atoms with Gasteiger partial charge in [-0.3, -0.25) is 14.8 Å². The van der Waals surface area contributed by atoms with E-state index in [1.54, 1.807) is 0 Å². The van der Waals surface area contributed by atoms with Gasteiger partial charge in [0.2, 0.25) is 0 Å². The maximum absolute atomic E-state index is 14.8. The molecule has 2 unspecified atom stereocenters. The molecule has 4 aromatic heterocycles. The predicted octanol–water partition coefficient (Wildman–Crippen LogP) is 6.98. The minimum atomic E-state index is -0.340. The number of benzene rings is 2. The Balaban J connectivity index is 1.48. The first-order valence-electron chi connectivity index (χ1n) is 13.1. The Kier molecular flexibility index (Phi) is 6.34. The second-order valence-corrected chi connectivity index (χ2v) is 10.1. The van der Waals surface area contributed by atoms with Crippen LogP contribution < -0.4 is 0 Å². The molecule has 0 spiro atoms. The number of pyridine rings is 2. The Labute approximate surface area is 222 Å². The lowest BCUT2D eigenvalue weighted by molar-refractivity contribution is -0.121. The number of Topliss-reactive ketones (excluding diaryl/α,β-unsaturated/α-hetero) is 1. The van der Waals surface area contributed by atoms with Crippen LogP contribution in [0.3, 0.4) is 0 Å². The number of nitrogens with one attached hydrogen (secondary N) is 2. The first kappa shape index (κ1) is 23.9. The summed E-state index contributed by atoms with van der Waals surface area (Å²) in [5.74, 6) is -0.485. The van der Waals surface area contributed by atoms with Gasteiger partial charge in [0.15, 0.2) is 0 Å². The second-order valence-electron chi connectivity index (χ2n) is 10.1. The Morgan fingerprint density at radius 1 is 0.658 bits per heavy atom. The van der Waals surface area contributed by atoms with Crippen LogP contribution in [0.15, 0.2) is 97.6 Å². The van der Waals surface area contributed by atoms with E-state index in [2.05, 4.69) is 56.3 Å². The zero-order valence-electron chi connectivity index (χ0n) is 21.6. The lowest BCUT2D eigenvalue weighted by atomic mass is 9.78. The molecule has 0 saturated heterocycles. The highest BCUT2D eigenvalue weighted by Gasteiger charge is 2.33. The van der Waals surface area contributed by atoms with E-state index in [0.29, 0.717) is 12.8 Å². The maximum atomic E-state index is 14.8. The molecule has 6 rings (SSSR count). The number of H-pyrrole nitrogens is 2. The summed E-state index contributed by atoms with van der Waals surface area (Å²) in [6.07, 6.45) is 8.98. The normalized spacial score (nSPS) is 13.1. The quantitative estimate of drug-likeness (QED) is 0.238. The zero-order valence-corrected chi connectivity index (χ0v) is 21.6. The number of rotatable bonds is 8. The van der Waals surface area contributed by atoms with Crippen molar-refractivity contribution in [2.24, 2.45) is 0 Å². The van der Waals surface area contributed by atoms with Crippen LogP contribution in [0.4, 0.5) is 0 Å². The number of para-hydroxylation sites is 2. The summed E-state index contributed by atoms with van der Waals surface area (Å²) in [5.41, 5.74) is 8.15. The van der Waals surface area contributed by atoms with Crippen molar-refractivity contribution in [1.82, 2.24) is 19.9 Å². The van der Waals surface area contributed by atoms with Crippen molar-refractivity contribution < 1.29 is 4.79 Å². The number of hydrogen-bond donors (Lipinski definition) is 2. The van der Waals surface area contributed by atoms with Crippen LogP contribution in [0.5, 0.6) is 0 Å². The molecule has 5 nitrogen and oxygen atoms in total. The van der Waals surface area contributed by atoms with E-state index >= 15 is 0 Å². The summed E-state index contributed by atoms with van der Waals surface area (Å²) >= 11 is 0. The van der Waals surface area contributed by atoms with Crippen LogP contribution in [-0.2, 0) is 17.6 Å². The highest BCUT2D eigenvalue weighted by Crippen LogP contribution is 2.37. The summed E-state index contributed by atoms with van der Waals surface area (Å²) in [7, 11) is 0. The highest BCUT2D eigenvalue weighted by molar-refractivity contribution is 5.99. The zero-order chi connectivity index (χ0) is 26.1. The van der Waals surface area contributed by atoms with Gasteiger partial charge in [0.05, 0.1) is 0 Å². The molecule has 4 heterocycles. The monoisotopic (exact) mass is 498 g/mol. The van der Waals surface area contributed by atoms with Gasteiger partial charge in [-0.25, -0.2) is 0 Å². The first-order chi connectivity index (χ1) is 18.6. The molecule has 0 saturated carbocycles. The fraction of sp³-hybridized carbons (Fsp3) is 0.182. The molecule has 5 heteroatoms. The number of hydrogen-bond acceptors (Lipinski definition) is 3. The van der Waals surface area contributed by atoms with Gasteiger partial charge in [-0.05, 0) is 73.2 Å². The third kappa shape index (κ3) is 4.63. The summed E-state index contributed by atoms with van der Waals surface area (Å²) in [6.45, 7) is 3.96. The van der Waals surface area contributed by atoms with Crippen molar-refractivity contribution in [3.05, 3.63) is 131 Å². The third-order valence-electron chi connectivity index (χ3n) is 7.51. The number of fused-ring (bicyclic) bond motifs is 2. The largest absolute Gasteiger partial charge is 0.361 e. The van der Waals surface area contributed by atoms with E-state index in [1.165, 1.54) is 0 Å². The Morgan fingerprint density at radius 2 is 1.11 bits per heavy atom. The molecule has 0 radical (unpaired) electrons. The molecule has 2 aromatic carbocycles. The molecule has 0 bridgehead atoms. The Morgan fingerprint density at radius 3 is 1.53 bits per heavy atom. The standard InChI is InChI=1S/C33H30N4O/c1-21-11-13-23(17-34-21)15-27(29-19-36-31-9-5-3-7-25(29)31)33(38)28(16-24-14-12-22(2)35-18-24)30-20-37-32-10-6-4-8-26(30)32/h3-14,17-20,27-28,36-37H,15-16H2,1-2H3. The third-order valence-corrected chi connectivity index (χ3v) is 7.51. The smallest absolute Gasteiger partial charge is 0.148 e. The molecule has 2 N–H and O–H groups in total. The minimum absolute atomic E-state index is 0.195. The number of aryl methyl sites for hydroxylation is 2. The van der Waals surface area contributed by atoms with Crippen molar-refractivity contribution in [1.29, 1.82) is 0 Å². The van der Waals surface area contributed by atoms with Gasteiger partial charge < -0.3 is 9.97 Å². The van der Waals surface area contributed by atoms with Crippen LogP contribution in [0.25, 0.3) is 21.8 Å².